The molecule has 0 unspecified atom stereocenters. The van der Waals surface area contributed by atoms with Crippen LogP contribution in [0.3, 0.4) is 0 Å². The maximum atomic E-state index is 12.5. The minimum absolute atomic E-state index is 0.125. The van der Waals surface area contributed by atoms with Crippen molar-refractivity contribution in [3.63, 3.8) is 0 Å². The van der Waals surface area contributed by atoms with Crippen molar-refractivity contribution in [2.24, 2.45) is 0 Å². The normalized spacial score (nSPS) is 10.5. The first-order chi connectivity index (χ1) is 13.6. The zero-order valence-corrected chi connectivity index (χ0v) is 15.8. The molecule has 1 amide bonds. The Morgan fingerprint density at radius 3 is 2.54 bits per heavy atom. The fraction of sp³-hybridized carbons (Fsp3) is 0.238. The summed E-state index contributed by atoms with van der Waals surface area (Å²) in [7, 11) is 3.29. The van der Waals surface area contributed by atoms with Crippen molar-refractivity contribution in [1.82, 2.24) is 9.47 Å². The van der Waals surface area contributed by atoms with Crippen molar-refractivity contribution in [2.75, 3.05) is 27.3 Å². The molecule has 3 aromatic rings. The monoisotopic (exact) mass is 382 g/mol. The van der Waals surface area contributed by atoms with Crippen molar-refractivity contribution in [2.45, 2.75) is 6.54 Å². The van der Waals surface area contributed by atoms with Crippen LogP contribution in [0.25, 0.3) is 0 Å². The Hall–Kier alpha value is -3.48. The molecule has 7 heteroatoms. The molecule has 146 valence electrons. The quantitative estimate of drug-likeness (QED) is 0.599. The minimum Gasteiger partial charge on any atom is -0.497 e. The van der Waals surface area contributed by atoms with Crippen LogP contribution in [0.2, 0.25) is 0 Å². The van der Waals surface area contributed by atoms with Crippen LogP contribution in [0.1, 0.15) is 16.3 Å². The van der Waals surface area contributed by atoms with Crippen molar-refractivity contribution >= 4 is 5.91 Å². The predicted molar refractivity (Wildman–Crippen MR) is 104 cm³/mol. The van der Waals surface area contributed by atoms with Crippen molar-refractivity contribution in [3.05, 3.63) is 82.7 Å². The number of hydrogen-bond acceptors (Lipinski definition) is 5. The number of rotatable bonds is 8. The molecule has 0 N–H and O–H groups in total. The van der Waals surface area contributed by atoms with E-state index in [-0.39, 0.29) is 23.8 Å². The van der Waals surface area contributed by atoms with Crippen LogP contribution in [-0.2, 0) is 6.54 Å². The summed E-state index contributed by atoms with van der Waals surface area (Å²) in [6, 6.07) is 15.5. The number of ether oxygens (including phenoxy) is 2. The lowest BCUT2D eigenvalue weighted by Gasteiger charge is -2.16. The maximum Gasteiger partial charge on any atom is 0.289 e. The highest BCUT2D eigenvalue weighted by atomic mass is 16.5. The molecule has 0 aliphatic heterocycles. The van der Waals surface area contributed by atoms with Gasteiger partial charge in [0, 0.05) is 19.3 Å². The highest BCUT2D eigenvalue weighted by molar-refractivity contribution is 5.91. The summed E-state index contributed by atoms with van der Waals surface area (Å²) in [4.78, 5) is 25.8. The Bertz CT molecular complexity index is 975. The third kappa shape index (κ3) is 4.82. The van der Waals surface area contributed by atoms with Crippen LogP contribution in [0.5, 0.6) is 11.5 Å². The van der Waals surface area contributed by atoms with E-state index in [1.807, 2.05) is 24.3 Å². The van der Waals surface area contributed by atoms with Gasteiger partial charge in [0.05, 0.1) is 20.2 Å². The molecule has 0 spiro atoms. The maximum absolute atomic E-state index is 12.5. The van der Waals surface area contributed by atoms with Gasteiger partial charge in [0.15, 0.2) is 5.76 Å². The molecule has 0 saturated heterocycles. The zero-order chi connectivity index (χ0) is 19.9. The summed E-state index contributed by atoms with van der Waals surface area (Å²) < 4.78 is 17.9. The van der Waals surface area contributed by atoms with Crippen LogP contribution in [0.15, 0.2) is 70.0 Å². The van der Waals surface area contributed by atoms with Gasteiger partial charge < -0.3 is 23.4 Å². The second-order valence-electron chi connectivity index (χ2n) is 6.18. The number of benzene rings is 1. The van der Waals surface area contributed by atoms with Crippen molar-refractivity contribution < 1.29 is 18.7 Å². The number of hydrogen-bond donors (Lipinski definition) is 0. The van der Waals surface area contributed by atoms with Crippen molar-refractivity contribution in [1.29, 1.82) is 0 Å². The molecule has 2 heterocycles. The number of nitrogens with zero attached hydrogens (tertiary/aromatic N) is 2. The molecule has 0 aliphatic carbocycles. The third-order valence-corrected chi connectivity index (χ3v) is 4.20. The van der Waals surface area contributed by atoms with Gasteiger partial charge in [-0.1, -0.05) is 6.07 Å². The van der Waals surface area contributed by atoms with Crippen LogP contribution < -0.4 is 15.0 Å². The zero-order valence-electron chi connectivity index (χ0n) is 15.8. The van der Waals surface area contributed by atoms with Gasteiger partial charge in [-0.15, -0.1) is 0 Å². The summed E-state index contributed by atoms with van der Waals surface area (Å²) in [5.74, 6) is 1.98. The number of carbonyl (C=O) groups excluding carboxylic acids is 1. The Balaban J connectivity index is 1.52. The van der Waals surface area contributed by atoms with Gasteiger partial charge in [0.1, 0.15) is 23.9 Å². The summed E-state index contributed by atoms with van der Waals surface area (Å²) in [5.41, 5.74) is -0.125. The lowest BCUT2D eigenvalue weighted by Crippen LogP contribution is -2.30. The second-order valence-corrected chi connectivity index (χ2v) is 6.18. The van der Waals surface area contributed by atoms with Crippen LogP contribution >= 0.6 is 0 Å². The van der Waals surface area contributed by atoms with Crippen molar-refractivity contribution in [3.8, 4) is 11.5 Å². The predicted octanol–water partition coefficient (Wildman–Crippen LogP) is 2.65. The van der Waals surface area contributed by atoms with Crippen LogP contribution in [0.4, 0.5) is 0 Å². The van der Waals surface area contributed by atoms with Crippen LogP contribution in [-0.4, -0.2) is 42.7 Å². The van der Waals surface area contributed by atoms with Gasteiger partial charge in [0.2, 0.25) is 0 Å². The first kappa shape index (κ1) is 19.3. The average Bonchev–Trinajstić information content (AvgIpc) is 3.18. The summed E-state index contributed by atoms with van der Waals surface area (Å²) in [5, 5.41) is 0. The Morgan fingerprint density at radius 2 is 1.82 bits per heavy atom. The second kappa shape index (κ2) is 8.94. The number of furan rings is 1. The Kier molecular flexibility index (Phi) is 6.16. The molecule has 2 aromatic heterocycles. The molecule has 0 atom stereocenters. The molecular formula is C21H22N2O5. The minimum atomic E-state index is -0.245. The molecule has 28 heavy (non-hydrogen) atoms. The summed E-state index contributed by atoms with van der Waals surface area (Å²) in [6.07, 6.45) is 1.68. The van der Waals surface area contributed by atoms with E-state index in [0.717, 1.165) is 5.75 Å². The average molecular weight is 382 g/mol. The number of amides is 1. The highest BCUT2D eigenvalue weighted by Crippen LogP contribution is 2.17. The van der Waals surface area contributed by atoms with E-state index in [0.29, 0.717) is 24.7 Å². The lowest BCUT2D eigenvalue weighted by atomic mass is 10.3. The van der Waals surface area contributed by atoms with Crippen LogP contribution in [0, 0.1) is 0 Å². The Morgan fingerprint density at radius 1 is 1.07 bits per heavy atom. The van der Waals surface area contributed by atoms with E-state index in [1.54, 1.807) is 44.6 Å². The van der Waals surface area contributed by atoms with E-state index in [1.165, 1.54) is 15.5 Å². The fourth-order valence-corrected chi connectivity index (χ4v) is 2.60. The smallest absolute Gasteiger partial charge is 0.289 e. The Labute approximate surface area is 162 Å². The number of carbonyl (C=O) groups is 1. The molecule has 0 saturated carbocycles. The number of likely N-dealkylation sites (N-methyl/N-ethyl adjacent to an activating group) is 1. The standard InChI is InChI=1S/C21H22N2O5/c1-22(13-14-27-17-8-6-16(26-2)7-9-17)21(25)19-11-10-18(28-19)15-23-12-4-3-5-20(23)24/h3-12H,13-15H2,1-2H3. The highest BCUT2D eigenvalue weighted by Gasteiger charge is 2.16. The van der Waals surface area contributed by atoms with Gasteiger partial charge in [-0.3, -0.25) is 9.59 Å². The molecule has 7 nitrogen and oxygen atoms in total. The largest absolute Gasteiger partial charge is 0.497 e. The topological polar surface area (TPSA) is 73.9 Å². The molecular weight excluding hydrogens is 360 g/mol. The van der Waals surface area contributed by atoms with E-state index < -0.39 is 0 Å². The summed E-state index contributed by atoms with van der Waals surface area (Å²) in [6.45, 7) is 1.03. The van der Waals surface area contributed by atoms with Gasteiger partial charge in [-0.05, 0) is 42.5 Å². The van der Waals surface area contributed by atoms with E-state index in [4.69, 9.17) is 13.9 Å². The molecule has 0 fully saturated rings. The van der Waals surface area contributed by atoms with Gasteiger partial charge >= 0.3 is 0 Å². The number of aromatic nitrogens is 1. The summed E-state index contributed by atoms with van der Waals surface area (Å²) >= 11 is 0. The van der Waals surface area contributed by atoms with E-state index in [2.05, 4.69) is 0 Å². The molecule has 0 radical (unpaired) electrons. The molecule has 0 aliphatic rings. The van der Waals surface area contributed by atoms with Gasteiger partial charge in [-0.25, -0.2) is 0 Å². The number of methoxy groups -OCH3 is 1. The third-order valence-electron chi connectivity index (χ3n) is 4.20. The fourth-order valence-electron chi connectivity index (χ4n) is 2.60. The number of pyridine rings is 1. The SMILES string of the molecule is COc1ccc(OCCN(C)C(=O)c2ccc(Cn3ccccc3=O)o2)cc1. The molecule has 1 aromatic carbocycles. The van der Waals surface area contributed by atoms with E-state index >= 15 is 0 Å². The van der Waals surface area contributed by atoms with E-state index in [9.17, 15) is 9.59 Å². The lowest BCUT2D eigenvalue weighted by molar-refractivity contribution is 0.0740. The first-order valence-corrected chi connectivity index (χ1v) is 8.83. The first-order valence-electron chi connectivity index (χ1n) is 8.83. The van der Waals surface area contributed by atoms with Gasteiger partial charge in [-0.2, -0.15) is 0 Å². The molecule has 0 bridgehead atoms. The molecule has 3 rings (SSSR count). The van der Waals surface area contributed by atoms with Gasteiger partial charge in [0.25, 0.3) is 11.5 Å².